The van der Waals surface area contributed by atoms with Crippen LogP contribution in [0.4, 0.5) is 0 Å². The standard InChI is InChI=1S/C21H24N4O4/c1-24-18-12-22-17(19(27)16(18)11-23-24)10-21(29)6-8-25(9-7-21)20(28)15-4-2-14(13-26)3-5-15/h2-5,11-12,17,26,29H,6-10,13H2,1H3. The van der Waals surface area contributed by atoms with Gasteiger partial charge < -0.3 is 15.1 Å². The Hall–Kier alpha value is -2.84. The van der Waals surface area contributed by atoms with Gasteiger partial charge in [0.05, 0.1) is 29.7 Å². The number of aromatic nitrogens is 2. The summed E-state index contributed by atoms with van der Waals surface area (Å²) in [5.74, 6) is -0.213. The number of ketones is 1. The summed E-state index contributed by atoms with van der Waals surface area (Å²) < 4.78 is 1.61. The van der Waals surface area contributed by atoms with Gasteiger partial charge in [0.1, 0.15) is 6.04 Å². The summed E-state index contributed by atoms with van der Waals surface area (Å²) in [5, 5.41) is 24.2. The van der Waals surface area contributed by atoms with E-state index in [-0.39, 0.29) is 24.7 Å². The van der Waals surface area contributed by atoms with Crippen LogP contribution in [0.2, 0.25) is 0 Å². The zero-order valence-corrected chi connectivity index (χ0v) is 16.3. The molecule has 3 heterocycles. The number of fused-ring (bicyclic) bond motifs is 1. The fourth-order valence-corrected chi connectivity index (χ4v) is 3.97. The predicted octanol–water partition coefficient (Wildman–Crippen LogP) is 0.954. The van der Waals surface area contributed by atoms with Crippen LogP contribution in [0, 0.1) is 0 Å². The number of carbonyl (C=O) groups excluding carboxylic acids is 2. The van der Waals surface area contributed by atoms with E-state index in [1.54, 1.807) is 53.3 Å². The number of aryl methyl sites for hydroxylation is 1. The van der Waals surface area contributed by atoms with Crippen molar-refractivity contribution < 1.29 is 19.8 Å². The molecular weight excluding hydrogens is 372 g/mol. The van der Waals surface area contributed by atoms with E-state index in [1.165, 1.54) is 0 Å². The molecule has 0 bridgehead atoms. The molecule has 2 aromatic rings. The van der Waals surface area contributed by atoms with E-state index in [0.29, 0.717) is 42.8 Å². The van der Waals surface area contributed by atoms with E-state index in [2.05, 4.69) is 10.1 Å². The van der Waals surface area contributed by atoms with Gasteiger partial charge in [0.15, 0.2) is 5.78 Å². The molecule has 1 fully saturated rings. The summed E-state index contributed by atoms with van der Waals surface area (Å²) >= 11 is 0. The molecule has 1 saturated heterocycles. The molecule has 0 saturated carbocycles. The number of aliphatic hydroxyl groups is 2. The summed E-state index contributed by atoms with van der Waals surface area (Å²) in [6.45, 7) is 0.772. The number of aliphatic imine (C=N–C) groups is 1. The lowest BCUT2D eigenvalue weighted by molar-refractivity contribution is -0.0259. The van der Waals surface area contributed by atoms with Crippen molar-refractivity contribution in [3.8, 4) is 0 Å². The van der Waals surface area contributed by atoms with Crippen molar-refractivity contribution in [2.45, 2.75) is 37.5 Å². The first-order valence-electron chi connectivity index (χ1n) is 9.71. The molecule has 8 heteroatoms. The Labute approximate surface area is 168 Å². The molecule has 1 amide bonds. The number of nitrogens with zero attached hydrogens (tertiary/aromatic N) is 4. The van der Waals surface area contributed by atoms with Gasteiger partial charge in [-0.1, -0.05) is 12.1 Å². The van der Waals surface area contributed by atoms with Gasteiger partial charge in [-0.3, -0.25) is 19.3 Å². The minimum Gasteiger partial charge on any atom is -0.392 e. The summed E-state index contributed by atoms with van der Waals surface area (Å²) in [6, 6.07) is 6.25. The third-order valence-corrected chi connectivity index (χ3v) is 5.87. The lowest BCUT2D eigenvalue weighted by atomic mass is 9.83. The Balaban J connectivity index is 1.38. The highest BCUT2D eigenvalue weighted by atomic mass is 16.3. The second-order valence-electron chi connectivity index (χ2n) is 7.80. The molecule has 8 nitrogen and oxygen atoms in total. The van der Waals surface area contributed by atoms with Crippen LogP contribution in [0.3, 0.4) is 0 Å². The number of aliphatic hydroxyl groups excluding tert-OH is 1. The SMILES string of the molecule is Cn1ncc2c1C=NC(CC1(O)CCN(C(=O)c3ccc(CO)cc3)CC1)C2=O. The molecule has 2 aliphatic rings. The Kier molecular flexibility index (Phi) is 5.06. The van der Waals surface area contributed by atoms with E-state index >= 15 is 0 Å². The van der Waals surface area contributed by atoms with Crippen LogP contribution in [-0.4, -0.2) is 67.5 Å². The summed E-state index contributed by atoms with van der Waals surface area (Å²) in [6.07, 6.45) is 4.22. The zero-order valence-electron chi connectivity index (χ0n) is 16.3. The summed E-state index contributed by atoms with van der Waals surface area (Å²) in [4.78, 5) is 31.4. The van der Waals surface area contributed by atoms with E-state index < -0.39 is 11.6 Å². The number of likely N-dealkylation sites (tertiary alicyclic amines) is 1. The topological polar surface area (TPSA) is 108 Å². The lowest BCUT2D eigenvalue weighted by Crippen LogP contribution is -2.48. The van der Waals surface area contributed by atoms with Crippen molar-refractivity contribution in [1.82, 2.24) is 14.7 Å². The van der Waals surface area contributed by atoms with E-state index in [0.717, 1.165) is 5.56 Å². The first-order valence-corrected chi connectivity index (χ1v) is 9.71. The fourth-order valence-electron chi connectivity index (χ4n) is 3.97. The Morgan fingerprint density at radius 3 is 2.59 bits per heavy atom. The molecule has 2 N–H and O–H groups in total. The second-order valence-corrected chi connectivity index (χ2v) is 7.80. The fraction of sp³-hybridized carbons (Fsp3) is 0.429. The first-order chi connectivity index (χ1) is 13.9. The highest BCUT2D eigenvalue weighted by molar-refractivity contribution is 6.09. The monoisotopic (exact) mass is 396 g/mol. The van der Waals surface area contributed by atoms with Gasteiger partial charge in [0, 0.05) is 38.3 Å². The number of piperidine rings is 1. The van der Waals surface area contributed by atoms with Gasteiger partial charge in [-0.05, 0) is 30.5 Å². The van der Waals surface area contributed by atoms with Crippen molar-refractivity contribution in [2.24, 2.45) is 12.0 Å². The van der Waals surface area contributed by atoms with Crippen LogP contribution in [0.25, 0.3) is 0 Å². The maximum absolute atomic E-state index is 12.7. The molecule has 0 radical (unpaired) electrons. The number of benzene rings is 1. The van der Waals surface area contributed by atoms with Crippen LogP contribution < -0.4 is 0 Å². The lowest BCUT2D eigenvalue weighted by Gasteiger charge is -2.39. The number of hydrogen-bond acceptors (Lipinski definition) is 6. The second kappa shape index (κ2) is 7.53. The normalized spacial score (nSPS) is 20.6. The molecule has 0 spiro atoms. The van der Waals surface area contributed by atoms with E-state index in [1.807, 2.05) is 0 Å². The molecule has 4 rings (SSSR count). The highest BCUT2D eigenvalue weighted by Gasteiger charge is 2.39. The molecule has 29 heavy (non-hydrogen) atoms. The minimum absolute atomic E-state index is 0.0614. The number of carbonyl (C=O) groups is 2. The first kappa shape index (κ1) is 19.5. The number of rotatable bonds is 4. The summed E-state index contributed by atoms with van der Waals surface area (Å²) in [5.41, 5.74) is 1.50. The largest absolute Gasteiger partial charge is 0.392 e. The van der Waals surface area contributed by atoms with Crippen LogP contribution in [-0.2, 0) is 13.7 Å². The average molecular weight is 396 g/mol. The van der Waals surface area contributed by atoms with E-state index in [9.17, 15) is 14.7 Å². The molecule has 152 valence electrons. The van der Waals surface area contributed by atoms with Crippen LogP contribution in [0.5, 0.6) is 0 Å². The molecule has 2 aliphatic heterocycles. The Morgan fingerprint density at radius 2 is 1.93 bits per heavy atom. The van der Waals surface area contributed by atoms with Gasteiger partial charge in [-0.15, -0.1) is 0 Å². The number of Topliss-reactive ketones (excluding diaryl/α,β-unsaturated/α-hetero) is 1. The van der Waals surface area contributed by atoms with Gasteiger partial charge in [-0.2, -0.15) is 5.10 Å². The Morgan fingerprint density at radius 1 is 1.24 bits per heavy atom. The van der Waals surface area contributed by atoms with Gasteiger partial charge in [-0.25, -0.2) is 0 Å². The minimum atomic E-state index is -1.03. The quantitative estimate of drug-likeness (QED) is 0.800. The Bertz CT molecular complexity index is 956. The maximum atomic E-state index is 12.7. The zero-order chi connectivity index (χ0) is 20.6. The molecule has 1 aromatic carbocycles. The van der Waals surface area contributed by atoms with Gasteiger partial charge in [0.2, 0.25) is 0 Å². The molecule has 1 unspecified atom stereocenters. The number of hydrogen-bond donors (Lipinski definition) is 2. The molecular formula is C21H24N4O4. The van der Waals surface area contributed by atoms with Gasteiger partial charge in [0.25, 0.3) is 5.91 Å². The van der Waals surface area contributed by atoms with Crippen molar-refractivity contribution in [3.63, 3.8) is 0 Å². The van der Waals surface area contributed by atoms with Crippen molar-refractivity contribution in [3.05, 3.63) is 52.8 Å². The van der Waals surface area contributed by atoms with Crippen LogP contribution in [0.1, 0.15) is 51.2 Å². The third-order valence-electron chi connectivity index (χ3n) is 5.87. The van der Waals surface area contributed by atoms with Crippen molar-refractivity contribution >= 4 is 17.9 Å². The smallest absolute Gasteiger partial charge is 0.253 e. The third kappa shape index (κ3) is 3.73. The molecule has 1 atom stereocenters. The number of amides is 1. The highest BCUT2D eigenvalue weighted by Crippen LogP contribution is 2.31. The average Bonchev–Trinajstić information content (AvgIpc) is 3.12. The summed E-state index contributed by atoms with van der Waals surface area (Å²) in [7, 11) is 1.76. The molecule has 0 aliphatic carbocycles. The van der Waals surface area contributed by atoms with Crippen LogP contribution >= 0.6 is 0 Å². The van der Waals surface area contributed by atoms with Crippen molar-refractivity contribution in [2.75, 3.05) is 13.1 Å². The van der Waals surface area contributed by atoms with Gasteiger partial charge >= 0.3 is 0 Å². The van der Waals surface area contributed by atoms with Crippen molar-refractivity contribution in [1.29, 1.82) is 0 Å². The predicted molar refractivity (Wildman–Crippen MR) is 106 cm³/mol. The maximum Gasteiger partial charge on any atom is 0.253 e. The van der Waals surface area contributed by atoms with E-state index in [4.69, 9.17) is 5.11 Å². The molecule has 1 aromatic heterocycles. The van der Waals surface area contributed by atoms with Crippen LogP contribution in [0.15, 0.2) is 35.5 Å².